The lowest BCUT2D eigenvalue weighted by atomic mass is 10.0. The van der Waals surface area contributed by atoms with Crippen LogP contribution in [0, 0.1) is 6.92 Å². The van der Waals surface area contributed by atoms with Gasteiger partial charge in [0.2, 0.25) is 5.88 Å². The van der Waals surface area contributed by atoms with Crippen LogP contribution in [0.2, 0.25) is 0 Å². The van der Waals surface area contributed by atoms with Crippen LogP contribution in [-0.4, -0.2) is 54.6 Å². The van der Waals surface area contributed by atoms with Crippen molar-refractivity contribution in [3.8, 4) is 17.1 Å². The molecule has 0 atom stereocenters. The second-order valence-corrected chi connectivity index (χ2v) is 6.58. The maximum absolute atomic E-state index is 5.84. The number of aromatic nitrogens is 2. The summed E-state index contributed by atoms with van der Waals surface area (Å²) in [5.41, 5.74) is 2.94. The zero-order valence-corrected chi connectivity index (χ0v) is 15.0. The monoisotopic (exact) mass is 349 g/mol. The predicted octanol–water partition coefficient (Wildman–Crippen LogP) is 3.32. The maximum Gasteiger partial charge on any atom is 0.236 e. The van der Waals surface area contributed by atoms with E-state index in [-0.39, 0.29) is 0 Å². The minimum Gasteiger partial charge on any atom is -0.475 e. The SMILES string of the molecule is Cc1cc(-c2ccc3ccccc3c2)nnc1OCCN1CCOCC1. The number of nitrogens with zero attached hydrogens (tertiary/aromatic N) is 3. The Bertz CT molecular complexity index is 891. The minimum absolute atomic E-state index is 0.614. The van der Waals surface area contributed by atoms with Gasteiger partial charge in [0.1, 0.15) is 6.61 Å². The third-order valence-corrected chi connectivity index (χ3v) is 4.73. The van der Waals surface area contributed by atoms with Crippen LogP contribution in [0.25, 0.3) is 22.0 Å². The highest BCUT2D eigenvalue weighted by Crippen LogP contribution is 2.25. The summed E-state index contributed by atoms with van der Waals surface area (Å²) in [5, 5.41) is 11.1. The van der Waals surface area contributed by atoms with Crippen molar-refractivity contribution in [3.05, 3.63) is 54.1 Å². The van der Waals surface area contributed by atoms with Gasteiger partial charge >= 0.3 is 0 Å². The highest BCUT2D eigenvalue weighted by molar-refractivity contribution is 5.86. The Morgan fingerprint density at radius 2 is 1.81 bits per heavy atom. The van der Waals surface area contributed by atoms with Crippen molar-refractivity contribution in [1.29, 1.82) is 0 Å². The van der Waals surface area contributed by atoms with Crippen molar-refractivity contribution < 1.29 is 9.47 Å². The van der Waals surface area contributed by atoms with Gasteiger partial charge in [-0.1, -0.05) is 36.4 Å². The van der Waals surface area contributed by atoms with E-state index >= 15 is 0 Å². The molecular formula is C21H23N3O2. The molecule has 1 aromatic heterocycles. The van der Waals surface area contributed by atoms with Crippen LogP contribution in [-0.2, 0) is 4.74 Å². The lowest BCUT2D eigenvalue weighted by molar-refractivity contribution is 0.0319. The lowest BCUT2D eigenvalue weighted by Gasteiger charge is -2.26. The van der Waals surface area contributed by atoms with Crippen molar-refractivity contribution in [3.63, 3.8) is 0 Å². The molecule has 0 bridgehead atoms. The molecule has 5 heteroatoms. The van der Waals surface area contributed by atoms with Gasteiger partial charge in [-0.3, -0.25) is 4.90 Å². The van der Waals surface area contributed by atoms with E-state index in [2.05, 4.69) is 57.6 Å². The average Bonchev–Trinajstić information content (AvgIpc) is 2.69. The molecule has 3 aromatic rings. The number of benzene rings is 2. The molecule has 0 saturated carbocycles. The zero-order valence-electron chi connectivity index (χ0n) is 15.0. The van der Waals surface area contributed by atoms with Gasteiger partial charge in [-0.05, 0) is 29.8 Å². The van der Waals surface area contributed by atoms with Gasteiger partial charge in [0.15, 0.2) is 0 Å². The van der Waals surface area contributed by atoms with Gasteiger partial charge in [0.25, 0.3) is 0 Å². The molecule has 0 unspecified atom stereocenters. The molecular weight excluding hydrogens is 326 g/mol. The fourth-order valence-electron chi connectivity index (χ4n) is 3.20. The highest BCUT2D eigenvalue weighted by atomic mass is 16.5. The summed E-state index contributed by atoms with van der Waals surface area (Å²) < 4.78 is 11.2. The third-order valence-electron chi connectivity index (χ3n) is 4.73. The predicted molar refractivity (Wildman–Crippen MR) is 102 cm³/mol. The quantitative estimate of drug-likeness (QED) is 0.707. The van der Waals surface area contributed by atoms with Crippen LogP contribution >= 0.6 is 0 Å². The first-order valence-corrected chi connectivity index (χ1v) is 9.06. The number of hydrogen-bond acceptors (Lipinski definition) is 5. The van der Waals surface area contributed by atoms with Crippen molar-refractivity contribution in [2.24, 2.45) is 0 Å². The number of morpholine rings is 1. The van der Waals surface area contributed by atoms with Crippen LogP contribution in [0.15, 0.2) is 48.5 Å². The van der Waals surface area contributed by atoms with Gasteiger partial charge in [0, 0.05) is 30.8 Å². The summed E-state index contributed by atoms with van der Waals surface area (Å²) in [4.78, 5) is 2.34. The second kappa shape index (κ2) is 7.81. The van der Waals surface area contributed by atoms with Crippen molar-refractivity contribution >= 4 is 10.8 Å². The molecule has 1 aliphatic rings. The number of ether oxygens (including phenoxy) is 2. The van der Waals surface area contributed by atoms with Gasteiger partial charge in [0.05, 0.1) is 18.9 Å². The normalized spacial score (nSPS) is 15.3. The van der Waals surface area contributed by atoms with Crippen molar-refractivity contribution in [2.45, 2.75) is 6.92 Å². The minimum atomic E-state index is 0.614. The first-order chi connectivity index (χ1) is 12.8. The summed E-state index contributed by atoms with van der Waals surface area (Å²) in [6, 6.07) is 16.7. The van der Waals surface area contributed by atoms with Gasteiger partial charge in [-0.25, -0.2) is 0 Å². The second-order valence-electron chi connectivity index (χ2n) is 6.58. The van der Waals surface area contributed by atoms with E-state index in [1.54, 1.807) is 0 Å². The Morgan fingerprint density at radius 1 is 1.00 bits per heavy atom. The molecule has 2 aromatic carbocycles. The Labute approximate surface area is 153 Å². The summed E-state index contributed by atoms with van der Waals surface area (Å²) in [7, 11) is 0. The fourth-order valence-corrected chi connectivity index (χ4v) is 3.20. The van der Waals surface area contributed by atoms with E-state index in [9.17, 15) is 0 Å². The topological polar surface area (TPSA) is 47.5 Å². The van der Waals surface area contributed by atoms with Crippen molar-refractivity contribution in [2.75, 3.05) is 39.5 Å². The molecule has 1 fully saturated rings. The Morgan fingerprint density at radius 3 is 2.62 bits per heavy atom. The molecule has 0 spiro atoms. The van der Waals surface area contributed by atoms with Gasteiger partial charge in [-0.15, -0.1) is 10.2 Å². The molecule has 0 amide bonds. The smallest absolute Gasteiger partial charge is 0.236 e. The van der Waals surface area contributed by atoms with Crippen LogP contribution in [0.1, 0.15) is 5.56 Å². The number of fused-ring (bicyclic) bond motifs is 1. The number of hydrogen-bond donors (Lipinski definition) is 0. The van der Waals surface area contributed by atoms with Crippen molar-refractivity contribution in [1.82, 2.24) is 15.1 Å². The van der Waals surface area contributed by atoms with E-state index < -0.39 is 0 Å². The van der Waals surface area contributed by atoms with E-state index in [1.165, 1.54) is 10.8 Å². The summed E-state index contributed by atoms with van der Waals surface area (Å²) >= 11 is 0. The molecule has 2 heterocycles. The molecule has 0 radical (unpaired) electrons. The summed E-state index contributed by atoms with van der Waals surface area (Å²) in [6.07, 6.45) is 0. The number of aryl methyl sites for hydroxylation is 1. The van der Waals surface area contributed by atoms with Gasteiger partial charge < -0.3 is 9.47 Å². The van der Waals surface area contributed by atoms with Crippen LogP contribution in [0.3, 0.4) is 0 Å². The highest BCUT2D eigenvalue weighted by Gasteiger charge is 2.11. The largest absolute Gasteiger partial charge is 0.475 e. The van der Waals surface area contributed by atoms with Crippen LogP contribution in [0.5, 0.6) is 5.88 Å². The van der Waals surface area contributed by atoms with Crippen LogP contribution in [0.4, 0.5) is 0 Å². The molecule has 4 rings (SSSR count). The fraction of sp³-hybridized carbons (Fsp3) is 0.333. The first kappa shape index (κ1) is 16.9. The molecule has 26 heavy (non-hydrogen) atoms. The Kier molecular flexibility index (Phi) is 5.09. The molecule has 0 aliphatic carbocycles. The number of rotatable bonds is 5. The van der Waals surface area contributed by atoms with E-state index in [0.29, 0.717) is 12.5 Å². The maximum atomic E-state index is 5.84. The molecule has 134 valence electrons. The first-order valence-electron chi connectivity index (χ1n) is 9.06. The third kappa shape index (κ3) is 3.84. The van der Waals surface area contributed by atoms with Crippen LogP contribution < -0.4 is 4.74 Å². The standard InChI is InChI=1S/C21H23N3O2/c1-16-14-20(19-7-6-17-4-2-3-5-18(17)15-19)22-23-21(16)26-13-10-24-8-11-25-12-9-24/h2-7,14-15H,8-13H2,1H3. The molecule has 0 N–H and O–H groups in total. The zero-order chi connectivity index (χ0) is 17.8. The molecule has 5 nitrogen and oxygen atoms in total. The molecule has 1 saturated heterocycles. The average molecular weight is 349 g/mol. The summed E-state index contributed by atoms with van der Waals surface area (Å²) in [5.74, 6) is 0.614. The summed E-state index contributed by atoms with van der Waals surface area (Å²) in [6.45, 7) is 7.06. The van der Waals surface area contributed by atoms with E-state index in [0.717, 1.165) is 49.7 Å². The molecule has 1 aliphatic heterocycles. The van der Waals surface area contributed by atoms with E-state index in [4.69, 9.17) is 9.47 Å². The lowest BCUT2D eigenvalue weighted by Crippen LogP contribution is -2.38. The van der Waals surface area contributed by atoms with E-state index in [1.807, 2.05) is 13.0 Å². The Hall–Kier alpha value is -2.50. The Balaban J connectivity index is 1.44. The van der Waals surface area contributed by atoms with Gasteiger partial charge in [-0.2, -0.15) is 0 Å².